The van der Waals surface area contributed by atoms with Gasteiger partial charge in [0.15, 0.2) is 0 Å². The van der Waals surface area contributed by atoms with Gasteiger partial charge >= 0.3 is 5.97 Å². The number of methoxy groups -OCH3 is 1. The molecule has 0 spiro atoms. The van der Waals surface area contributed by atoms with Crippen molar-refractivity contribution in [2.24, 2.45) is 0 Å². The van der Waals surface area contributed by atoms with Crippen molar-refractivity contribution in [1.29, 1.82) is 0 Å². The summed E-state index contributed by atoms with van der Waals surface area (Å²) in [5, 5.41) is 0. The third kappa shape index (κ3) is 3.20. The quantitative estimate of drug-likeness (QED) is 0.548. The molecule has 0 saturated heterocycles. The summed E-state index contributed by atoms with van der Waals surface area (Å²) in [5.74, 6) is -1.53. The zero-order valence-corrected chi connectivity index (χ0v) is 15.7. The van der Waals surface area contributed by atoms with Crippen LogP contribution in [0.2, 0.25) is 0 Å². The molecule has 0 unspecified atom stereocenters. The lowest BCUT2D eigenvalue weighted by molar-refractivity contribution is -0.136. The number of carbonyl (C=O) groups is 2. The summed E-state index contributed by atoms with van der Waals surface area (Å²) in [6.07, 6.45) is 1.38. The maximum Gasteiger partial charge on any atom is 0.340 e. The van der Waals surface area contributed by atoms with Crippen molar-refractivity contribution >= 4 is 39.6 Å². The van der Waals surface area contributed by atoms with Gasteiger partial charge < -0.3 is 4.74 Å². The van der Waals surface area contributed by atoms with Crippen molar-refractivity contribution < 1.29 is 18.7 Å². The highest BCUT2D eigenvalue weighted by Gasteiger charge is 2.38. The number of ether oxygens (including phenoxy) is 1. The molecule has 132 valence electrons. The van der Waals surface area contributed by atoms with Gasteiger partial charge in [0.25, 0.3) is 5.91 Å². The van der Waals surface area contributed by atoms with Crippen LogP contribution in [-0.2, 0) is 14.3 Å². The molecular formula is C20H15BrFNO3. The Labute approximate surface area is 158 Å². The number of hydrogen-bond donors (Lipinski definition) is 0. The van der Waals surface area contributed by atoms with Crippen molar-refractivity contribution in [2.75, 3.05) is 12.0 Å². The fraction of sp³-hybridized carbons (Fsp3) is 0.100. The van der Waals surface area contributed by atoms with E-state index in [9.17, 15) is 14.0 Å². The Balaban J connectivity index is 2.17. The molecule has 1 aliphatic rings. The molecule has 0 radical (unpaired) electrons. The number of anilines is 1. The minimum atomic E-state index is -0.643. The zero-order valence-electron chi connectivity index (χ0n) is 14.1. The van der Waals surface area contributed by atoms with Crippen molar-refractivity contribution in [1.82, 2.24) is 0 Å². The molecular weight excluding hydrogens is 401 g/mol. The molecule has 1 aliphatic heterocycles. The number of halogens is 2. The Morgan fingerprint density at radius 3 is 2.58 bits per heavy atom. The lowest BCUT2D eigenvalue weighted by Gasteiger charge is -2.18. The van der Waals surface area contributed by atoms with Gasteiger partial charge in [-0.15, -0.1) is 0 Å². The molecule has 0 fully saturated rings. The van der Waals surface area contributed by atoms with Crippen LogP contribution in [0.25, 0.3) is 6.08 Å². The van der Waals surface area contributed by atoms with Crippen LogP contribution < -0.4 is 4.90 Å². The van der Waals surface area contributed by atoms with E-state index in [1.807, 2.05) is 6.07 Å². The molecule has 2 aromatic carbocycles. The molecule has 0 saturated carbocycles. The molecule has 0 aliphatic carbocycles. The van der Waals surface area contributed by atoms with E-state index in [2.05, 4.69) is 15.9 Å². The van der Waals surface area contributed by atoms with Gasteiger partial charge in [0.1, 0.15) is 5.82 Å². The minimum Gasteiger partial charge on any atom is -0.465 e. The van der Waals surface area contributed by atoms with Crippen molar-refractivity contribution in [2.45, 2.75) is 6.92 Å². The van der Waals surface area contributed by atoms with E-state index in [-0.39, 0.29) is 16.7 Å². The van der Waals surface area contributed by atoms with Crippen LogP contribution in [0.4, 0.5) is 10.1 Å². The van der Waals surface area contributed by atoms with Crippen LogP contribution in [0.3, 0.4) is 0 Å². The first-order chi connectivity index (χ1) is 12.4. The second-order valence-corrected chi connectivity index (χ2v) is 6.57. The van der Waals surface area contributed by atoms with Gasteiger partial charge in [-0.2, -0.15) is 0 Å². The first-order valence-corrected chi connectivity index (χ1v) is 8.59. The van der Waals surface area contributed by atoms with Crippen LogP contribution in [0, 0.1) is 5.82 Å². The number of amides is 1. The molecule has 2 aromatic rings. The Hall–Kier alpha value is -2.73. The summed E-state index contributed by atoms with van der Waals surface area (Å²) >= 11 is 3.38. The fourth-order valence-corrected chi connectivity index (χ4v) is 3.24. The third-order valence-corrected chi connectivity index (χ3v) is 4.55. The summed E-state index contributed by atoms with van der Waals surface area (Å²) in [5.41, 5.74) is 1.48. The number of hydrogen-bond acceptors (Lipinski definition) is 3. The van der Waals surface area contributed by atoms with Crippen molar-refractivity contribution in [3.63, 3.8) is 0 Å². The van der Waals surface area contributed by atoms with Crippen LogP contribution in [0.15, 0.2) is 69.8 Å². The van der Waals surface area contributed by atoms with Crippen molar-refractivity contribution in [3.8, 4) is 0 Å². The highest BCUT2D eigenvalue weighted by molar-refractivity contribution is 9.10. The summed E-state index contributed by atoms with van der Waals surface area (Å²) < 4.78 is 19.7. The second-order valence-electron chi connectivity index (χ2n) is 5.65. The van der Waals surface area contributed by atoms with Gasteiger partial charge in [-0.05, 0) is 37.3 Å². The van der Waals surface area contributed by atoms with Gasteiger partial charge in [0, 0.05) is 15.7 Å². The molecule has 4 nitrogen and oxygen atoms in total. The lowest BCUT2D eigenvalue weighted by atomic mass is 10.0. The normalized spacial score (nSPS) is 15.8. The first kappa shape index (κ1) is 18.1. The number of allylic oxidation sites excluding steroid dienone is 1. The van der Waals surface area contributed by atoms with Crippen molar-refractivity contribution in [3.05, 3.63) is 81.2 Å². The van der Waals surface area contributed by atoms with E-state index < -0.39 is 17.7 Å². The summed E-state index contributed by atoms with van der Waals surface area (Å²) in [6, 6.07) is 13.2. The van der Waals surface area contributed by atoms with Crippen LogP contribution in [-0.4, -0.2) is 19.0 Å². The summed E-state index contributed by atoms with van der Waals surface area (Å²) in [6.45, 7) is 1.66. The highest BCUT2D eigenvalue weighted by atomic mass is 79.9. The van der Waals surface area contributed by atoms with Gasteiger partial charge in [-0.1, -0.05) is 40.2 Å². The number of nitrogens with zero attached hydrogens (tertiary/aromatic N) is 1. The lowest BCUT2D eigenvalue weighted by Crippen LogP contribution is -2.24. The van der Waals surface area contributed by atoms with Gasteiger partial charge in [0.05, 0.1) is 23.9 Å². The van der Waals surface area contributed by atoms with E-state index in [0.29, 0.717) is 11.4 Å². The van der Waals surface area contributed by atoms with Crippen LogP contribution in [0.1, 0.15) is 12.5 Å². The summed E-state index contributed by atoms with van der Waals surface area (Å²) in [4.78, 5) is 26.8. The van der Waals surface area contributed by atoms with Gasteiger partial charge in [-0.25, -0.2) is 9.18 Å². The first-order valence-electron chi connectivity index (χ1n) is 7.80. The monoisotopic (exact) mass is 415 g/mol. The number of esters is 1. The zero-order chi connectivity index (χ0) is 18.8. The van der Waals surface area contributed by atoms with E-state index in [1.165, 1.54) is 24.2 Å². The highest BCUT2D eigenvalue weighted by Crippen LogP contribution is 2.36. The molecule has 1 heterocycles. The van der Waals surface area contributed by atoms with Gasteiger partial charge in [-0.3, -0.25) is 9.69 Å². The average molecular weight is 416 g/mol. The Kier molecular flexibility index (Phi) is 5.04. The largest absolute Gasteiger partial charge is 0.465 e. The second kappa shape index (κ2) is 7.25. The third-order valence-electron chi connectivity index (χ3n) is 4.06. The molecule has 0 bridgehead atoms. The maximum atomic E-state index is 14.0. The molecule has 26 heavy (non-hydrogen) atoms. The molecule has 3 rings (SSSR count). The molecule has 0 atom stereocenters. The van der Waals surface area contributed by atoms with Crippen LogP contribution in [0.5, 0.6) is 0 Å². The molecule has 0 aromatic heterocycles. The maximum absolute atomic E-state index is 14.0. The number of benzene rings is 2. The number of rotatable bonds is 3. The average Bonchev–Trinajstić information content (AvgIpc) is 2.86. The predicted molar refractivity (Wildman–Crippen MR) is 101 cm³/mol. The smallest absolute Gasteiger partial charge is 0.340 e. The Morgan fingerprint density at radius 2 is 1.92 bits per heavy atom. The standard InChI is InChI=1S/C20H15BrFNO3/c1-12-18(20(25)26-2)16(10-13-6-3-4-9-17(13)22)19(24)23(12)15-8-5-7-14(21)11-15/h3-11H,1-2H3. The Morgan fingerprint density at radius 1 is 1.19 bits per heavy atom. The van der Waals surface area contributed by atoms with E-state index in [4.69, 9.17) is 4.74 Å². The topological polar surface area (TPSA) is 46.6 Å². The molecule has 6 heteroatoms. The van der Waals surface area contributed by atoms with E-state index >= 15 is 0 Å². The van der Waals surface area contributed by atoms with E-state index in [1.54, 1.807) is 43.3 Å². The minimum absolute atomic E-state index is 0.0967. The number of carbonyl (C=O) groups excluding carboxylic acids is 2. The summed E-state index contributed by atoms with van der Waals surface area (Å²) in [7, 11) is 1.25. The Bertz CT molecular complexity index is 965. The van der Waals surface area contributed by atoms with E-state index in [0.717, 1.165) is 4.47 Å². The van der Waals surface area contributed by atoms with Gasteiger partial charge in [0.2, 0.25) is 0 Å². The molecule has 0 N–H and O–H groups in total. The predicted octanol–water partition coefficient (Wildman–Crippen LogP) is 4.47. The fourth-order valence-electron chi connectivity index (χ4n) is 2.85. The van der Waals surface area contributed by atoms with Crippen LogP contribution >= 0.6 is 15.9 Å². The SMILES string of the molecule is COC(=O)C1=C(C)N(c2cccc(Br)c2)C(=O)C1=Cc1ccccc1F. The molecule has 1 amide bonds.